The minimum Gasteiger partial charge on any atom is -0.480 e. The number of carbonyl (C=O) groups is 5. The largest absolute Gasteiger partial charge is 0.480 e. The van der Waals surface area contributed by atoms with Crippen molar-refractivity contribution in [2.75, 3.05) is 31.5 Å². The summed E-state index contributed by atoms with van der Waals surface area (Å²) in [4.78, 5) is 56.7. The quantitative estimate of drug-likeness (QED) is 0.288. The van der Waals surface area contributed by atoms with E-state index in [0.717, 1.165) is 4.90 Å². The third kappa shape index (κ3) is 9.21. The van der Waals surface area contributed by atoms with Gasteiger partial charge in [-0.25, -0.2) is 0 Å². The predicted octanol–water partition coefficient (Wildman–Crippen LogP) is -0.783. The molecule has 153 valence electrons. The Morgan fingerprint density at radius 1 is 0.929 bits per heavy atom. The average Bonchev–Trinajstić information content (AvgIpc) is 2.53. The minimum absolute atomic E-state index is 0. The van der Waals surface area contributed by atoms with Gasteiger partial charge in [-0.3, -0.25) is 28.9 Å². The number of hydrogen-bond acceptors (Lipinski definition) is 6. The van der Waals surface area contributed by atoms with E-state index in [2.05, 4.69) is 10.6 Å². The Morgan fingerprint density at radius 2 is 1.50 bits per heavy atom. The van der Waals surface area contributed by atoms with E-state index in [1.165, 1.54) is 18.2 Å². The van der Waals surface area contributed by atoms with Crippen LogP contribution in [0.3, 0.4) is 0 Å². The van der Waals surface area contributed by atoms with Crippen molar-refractivity contribution in [1.82, 2.24) is 10.2 Å². The maximum absolute atomic E-state index is 12.1. The zero-order valence-electron chi connectivity index (χ0n) is 14.8. The van der Waals surface area contributed by atoms with Gasteiger partial charge in [-0.1, -0.05) is 0 Å². The molecule has 28 heavy (non-hydrogen) atoms. The summed E-state index contributed by atoms with van der Waals surface area (Å²) >= 11 is 0. The molecule has 0 saturated heterocycles. The fourth-order valence-corrected chi connectivity index (χ4v) is 2.15. The van der Waals surface area contributed by atoms with Crippen molar-refractivity contribution in [3.63, 3.8) is 0 Å². The summed E-state index contributed by atoms with van der Waals surface area (Å²) in [5.74, 6) is -4.93. The topological polar surface area (TPSA) is 173 Å². The SMILES string of the molecule is Cc1cc(C(=O)NCC(=O)O)ccc1NC(=O)CN(CC(=O)O)CC(=O)O.[99Tc]. The molecule has 1 aromatic carbocycles. The summed E-state index contributed by atoms with van der Waals surface area (Å²) < 4.78 is 0. The first-order chi connectivity index (χ1) is 12.6. The molecule has 1 rings (SSSR count). The monoisotopic (exact) mass is 480 g/mol. The molecule has 0 aliphatic heterocycles. The molecule has 0 spiro atoms. The van der Waals surface area contributed by atoms with Crippen LogP contribution in [0, 0.1) is 6.92 Å². The molecule has 0 aliphatic carbocycles. The fourth-order valence-electron chi connectivity index (χ4n) is 2.15. The van der Waals surface area contributed by atoms with Gasteiger partial charge in [0.1, 0.15) is 6.54 Å². The summed E-state index contributed by atoms with van der Waals surface area (Å²) in [5.41, 5.74) is 1.06. The Hall–Kier alpha value is -2.82. The summed E-state index contributed by atoms with van der Waals surface area (Å²) in [5, 5.41) is 30.8. The third-order valence-electron chi connectivity index (χ3n) is 3.25. The second-order valence-corrected chi connectivity index (χ2v) is 5.59. The maximum Gasteiger partial charge on any atom is 0.322 e. The second kappa shape index (κ2) is 11.8. The van der Waals surface area contributed by atoms with Crippen LogP contribution in [0.4, 0.5) is 5.69 Å². The average molecular weight is 480 g/mol. The summed E-state index contributed by atoms with van der Waals surface area (Å²) in [6.07, 6.45) is 0. The van der Waals surface area contributed by atoms with E-state index >= 15 is 0 Å². The maximum atomic E-state index is 12.1. The van der Waals surface area contributed by atoms with Gasteiger partial charge < -0.3 is 26.0 Å². The van der Waals surface area contributed by atoms with Crippen LogP contribution in [0.15, 0.2) is 18.2 Å². The van der Waals surface area contributed by atoms with Crippen LogP contribution < -0.4 is 10.6 Å². The van der Waals surface area contributed by atoms with Crippen LogP contribution in [-0.2, 0) is 39.3 Å². The second-order valence-electron chi connectivity index (χ2n) is 5.59. The first-order valence-electron chi connectivity index (χ1n) is 7.65. The Morgan fingerprint density at radius 3 is 1.96 bits per heavy atom. The van der Waals surface area contributed by atoms with Crippen molar-refractivity contribution >= 4 is 35.4 Å². The number of carboxylic acid groups (broad SMARTS) is 3. The molecule has 0 bridgehead atoms. The molecule has 1 aromatic rings. The molecule has 0 saturated carbocycles. The molecule has 5 N–H and O–H groups in total. The Labute approximate surface area is 173 Å². The zero-order valence-corrected chi connectivity index (χ0v) is 16.6. The smallest absolute Gasteiger partial charge is 0.322 e. The number of amides is 2. The number of hydrogen-bond donors (Lipinski definition) is 5. The van der Waals surface area contributed by atoms with Crippen LogP contribution in [0.1, 0.15) is 15.9 Å². The number of aliphatic carboxylic acids is 3. The van der Waals surface area contributed by atoms with E-state index in [1.54, 1.807) is 6.92 Å². The molecule has 2 amide bonds. The summed E-state index contributed by atoms with van der Waals surface area (Å²) in [6, 6.07) is 4.26. The van der Waals surface area contributed by atoms with Crippen LogP contribution >= 0.6 is 0 Å². The van der Waals surface area contributed by atoms with Crippen LogP contribution in [0.2, 0.25) is 0 Å². The van der Waals surface area contributed by atoms with Crippen LogP contribution in [0.25, 0.3) is 0 Å². The van der Waals surface area contributed by atoms with Crippen LogP contribution in [0.5, 0.6) is 0 Å². The van der Waals surface area contributed by atoms with E-state index in [1.807, 2.05) is 0 Å². The molecule has 0 aromatic heterocycles. The predicted molar refractivity (Wildman–Crippen MR) is 91.5 cm³/mol. The first kappa shape index (κ1) is 25.2. The van der Waals surface area contributed by atoms with Crippen molar-refractivity contribution in [3.8, 4) is 0 Å². The number of benzene rings is 1. The third-order valence-corrected chi connectivity index (χ3v) is 3.25. The van der Waals surface area contributed by atoms with Crippen molar-refractivity contribution in [1.29, 1.82) is 0 Å². The molecular formula is C16H19N3O8Tc. The van der Waals surface area contributed by atoms with Gasteiger partial charge in [0.15, 0.2) is 0 Å². The van der Waals surface area contributed by atoms with Gasteiger partial charge in [0.25, 0.3) is 5.91 Å². The molecule has 0 unspecified atom stereocenters. The molecule has 0 aliphatic rings. The molecule has 0 heterocycles. The first-order valence-corrected chi connectivity index (χ1v) is 7.65. The van der Waals surface area contributed by atoms with Gasteiger partial charge >= 0.3 is 17.9 Å². The number of carboxylic acids is 3. The molecule has 12 heteroatoms. The van der Waals surface area contributed by atoms with Crippen molar-refractivity contribution in [3.05, 3.63) is 29.3 Å². The molecule has 11 nitrogen and oxygen atoms in total. The van der Waals surface area contributed by atoms with Gasteiger partial charge in [-0.15, -0.1) is 0 Å². The number of rotatable bonds is 10. The number of nitrogens with zero attached hydrogens (tertiary/aromatic N) is 1. The number of anilines is 1. The van der Waals surface area contributed by atoms with E-state index in [0.29, 0.717) is 11.3 Å². The van der Waals surface area contributed by atoms with Crippen molar-refractivity contribution < 1.29 is 59.4 Å². The Bertz CT molecular complexity index is 752. The van der Waals surface area contributed by atoms with E-state index in [9.17, 15) is 24.0 Å². The summed E-state index contributed by atoms with van der Waals surface area (Å²) in [7, 11) is 0. The van der Waals surface area contributed by atoms with Crippen molar-refractivity contribution in [2.45, 2.75) is 6.92 Å². The van der Waals surface area contributed by atoms with Gasteiger partial charge in [0.2, 0.25) is 5.91 Å². The normalized spacial score (nSPS) is 9.93. The number of aryl methyl sites for hydroxylation is 1. The standard InChI is InChI=1S/C16H19N3O8.Tc/c1-9-4-10(16(27)17-5-13(21)22)2-3-11(9)18-12(20)6-19(7-14(23)24)8-15(25)26;/h2-4H,5-8H2,1H3,(H,17,27)(H,18,20)(H,21,22)(H,23,24)(H,25,26);/i;1+1. The molecule has 0 atom stereocenters. The van der Waals surface area contributed by atoms with Gasteiger partial charge in [-0.05, 0) is 30.7 Å². The number of carbonyl (C=O) groups excluding carboxylic acids is 2. The van der Waals surface area contributed by atoms with Crippen molar-refractivity contribution in [2.24, 2.45) is 0 Å². The molecular weight excluding hydrogens is 461 g/mol. The van der Waals surface area contributed by atoms with E-state index < -0.39 is 55.9 Å². The van der Waals surface area contributed by atoms with E-state index in [-0.39, 0.29) is 25.7 Å². The Balaban J connectivity index is 0.00000729. The summed E-state index contributed by atoms with van der Waals surface area (Å²) in [6.45, 7) is -0.586. The zero-order chi connectivity index (χ0) is 20.6. The Kier molecular flexibility index (Phi) is 10.6. The van der Waals surface area contributed by atoms with E-state index in [4.69, 9.17) is 15.3 Å². The number of nitrogens with one attached hydrogen (secondary N) is 2. The van der Waals surface area contributed by atoms with Gasteiger partial charge in [0.05, 0.1) is 19.6 Å². The minimum atomic E-state index is -1.27. The molecule has 1 radical (unpaired) electrons. The fraction of sp³-hybridized carbons (Fsp3) is 0.312. The molecule has 0 fully saturated rings. The van der Waals surface area contributed by atoms with Gasteiger partial charge in [0, 0.05) is 31.4 Å². The van der Waals surface area contributed by atoms with Gasteiger partial charge in [-0.2, -0.15) is 0 Å². The van der Waals surface area contributed by atoms with Crippen LogP contribution in [-0.4, -0.2) is 76.1 Å².